The van der Waals surface area contributed by atoms with Crippen molar-refractivity contribution in [2.75, 3.05) is 0 Å². The van der Waals surface area contributed by atoms with Crippen molar-refractivity contribution in [1.29, 1.82) is 0 Å². The quantitative estimate of drug-likeness (QED) is 0.879. The van der Waals surface area contributed by atoms with Crippen LogP contribution in [0.2, 0.25) is 0 Å². The van der Waals surface area contributed by atoms with E-state index in [0.717, 1.165) is 18.7 Å². The van der Waals surface area contributed by atoms with Gasteiger partial charge >= 0.3 is 0 Å². The van der Waals surface area contributed by atoms with Crippen LogP contribution in [-0.4, -0.2) is 40.4 Å². The average molecular weight is 299 g/mol. The van der Waals surface area contributed by atoms with Crippen molar-refractivity contribution in [2.24, 2.45) is 0 Å². The minimum Gasteiger partial charge on any atom is -0.350 e. The smallest absolute Gasteiger partial charge is 0.238 e. The van der Waals surface area contributed by atoms with Crippen LogP contribution in [0.4, 0.5) is 0 Å². The predicted octanol–water partition coefficient (Wildman–Crippen LogP) is 0.526. The van der Waals surface area contributed by atoms with E-state index >= 15 is 0 Å². The first-order valence-electron chi connectivity index (χ1n) is 6.85. The van der Waals surface area contributed by atoms with Crippen LogP contribution >= 0.6 is 0 Å². The van der Waals surface area contributed by atoms with Gasteiger partial charge in [-0.1, -0.05) is 0 Å². The van der Waals surface area contributed by atoms with Crippen molar-refractivity contribution in [3.8, 4) is 0 Å². The van der Waals surface area contributed by atoms with Gasteiger partial charge in [-0.2, -0.15) is 0 Å². The molecule has 0 bridgehead atoms. The first kappa shape index (κ1) is 15.0. The summed E-state index contributed by atoms with van der Waals surface area (Å²) in [6, 6.07) is -0.0333. The number of aromatic nitrogens is 2. The van der Waals surface area contributed by atoms with Gasteiger partial charge < -0.3 is 9.88 Å². The molecule has 1 N–H and O–H groups in total. The number of carbonyl (C=O) groups is 1. The lowest BCUT2D eigenvalue weighted by Gasteiger charge is -2.26. The summed E-state index contributed by atoms with van der Waals surface area (Å²) in [6.07, 6.45) is 5.20. The molecule has 0 saturated carbocycles. The van der Waals surface area contributed by atoms with E-state index < -0.39 is 26.2 Å². The van der Waals surface area contributed by atoms with Gasteiger partial charge in [0.25, 0.3) is 0 Å². The van der Waals surface area contributed by atoms with E-state index in [1.807, 2.05) is 10.8 Å². The summed E-state index contributed by atoms with van der Waals surface area (Å²) in [5.41, 5.74) is 0. The number of rotatable bonds is 4. The minimum absolute atomic E-state index is 0.0333. The van der Waals surface area contributed by atoms with E-state index in [0.29, 0.717) is 6.54 Å². The number of hydrogen-bond acceptors (Lipinski definition) is 4. The number of nitrogens with zero attached hydrogens (tertiary/aromatic N) is 2. The maximum atomic E-state index is 12.1. The van der Waals surface area contributed by atoms with Gasteiger partial charge in [0, 0.05) is 31.4 Å². The van der Waals surface area contributed by atoms with Gasteiger partial charge in [0.05, 0.1) is 5.25 Å². The van der Waals surface area contributed by atoms with Crippen molar-refractivity contribution in [1.82, 2.24) is 14.9 Å². The number of sulfone groups is 1. The minimum atomic E-state index is -3.41. The van der Waals surface area contributed by atoms with E-state index in [4.69, 9.17) is 0 Å². The zero-order valence-electron chi connectivity index (χ0n) is 12.0. The van der Waals surface area contributed by atoms with Crippen molar-refractivity contribution in [2.45, 2.75) is 56.7 Å². The lowest BCUT2D eigenvalue weighted by Crippen LogP contribution is -2.47. The van der Waals surface area contributed by atoms with Crippen molar-refractivity contribution < 1.29 is 13.2 Å². The molecule has 112 valence electrons. The van der Waals surface area contributed by atoms with Crippen molar-refractivity contribution in [3.63, 3.8) is 0 Å². The van der Waals surface area contributed by atoms with Crippen LogP contribution in [0.1, 0.15) is 33.0 Å². The van der Waals surface area contributed by atoms with Gasteiger partial charge in [-0.05, 0) is 27.2 Å². The first-order chi connectivity index (χ1) is 9.32. The highest BCUT2D eigenvalue weighted by Crippen LogP contribution is 2.14. The molecule has 0 radical (unpaired) electrons. The monoisotopic (exact) mass is 299 g/mol. The predicted molar refractivity (Wildman–Crippen MR) is 76.0 cm³/mol. The van der Waals surface area contributed by atoms with E-state index in [-0.39, 0.29) is 6.04 Å². The molecule has 1 amide bonds. The van der Waals surface area contributed by atoms with E-state index in [1.54, 1.807) is 20.0 Å². The highest BCUT2D eigenvalue weighted by atomic mass is 32.2. The Labute approximate surface area is 119 Å². The van der Waals surface area contributed by atoms with Crippen LogP contribution in [0, 0.1) is 0 Å². The molecule has 6 nitrogen and oxygen atoms in total. The summed E-state index contributed by atoms with van der Waals surface area (Å²) >= 11 is 0. The van der Waals surface area contributed by atoms with Crippen LogP contribution in [0.5, 0.6) is 0 Å². The summed E-state index contributed by atoms with van der Waals surface area (Å²) in [5.74, 6) is 0.602. The molecular formula is C13H21N3O3S. The Balaban J connectivity index is 2.00. The Kier molecular flexibility index (Phi) is 4.17. The second kappa shape index (κ2) is 5.55. The number of aryl methyl sites for hydroxylation is 1. The fourth-order valence-corrected chi connectivity index (χ4v) is 3.54. The van der Waals surface area contributed by atoms with Gasteiger partial charge in [-0.15, -0.1) is 0 Å². The lowest BCUT2D eigenvalue weighted by molar-refractivity contribution is -0.121. The summed E-state index contributed by atoms with van der Waals surface area (Å²) in [6.45, 7) is 5.29. The third-order valence-corrected chi connectivity index (χ3v) is 6.31. The number of nitrogens with one attached hydrogen (secondary N) is 1. The zero-order valence-corrected chi connectivity index (χ0v) is 12.9. The Morgan fingerprint density at radius 3 is 2.80 bits per heavy atom. The molecule has 0 spiro atoms. The normalized spacial score (nSPS) is 20.5. The second-order valence-electron chi connectivity index (χ2n) is 5.52. The molecule has 2 heterocycles. The van der Waals surface area contributed by atoms with Crippen molar-refractivity contribution >= 4 is 15.7 Å². The van der Waals surface area contributed by atoms with Crippen LogP contribution in [0.25, 0.3) is 0 Å². The molecule has 2 atom stereocenters. The Morgan fingerprint density at radius 2 is 2.15 bits per heavy atom. The summed E-state index contributed by atoms with van der Waals surface area (Å²) in [5, 5.41) is 1.29. The van der Waals surface area contributed by atoms with Crippen LogP contribution in [0.3, 0.4) is 0 Å². The summed E-state index contributed by atoms with van der Waals surface area (Å²) < 4.78 is 26.0. The standard InChI is InChI=1S/C13H21N3O3S/c1-9(2)20(18,19)10(3)13(17)15-11-4-5-12-14-6-7-16(12)8-11/h6-7,9-11H,4-5,8H2,1-3H3,(H,15,17)/t10-,11-/m1/s1. The number of hydrogen-bond donors (Lipinski definition) is 1. The molecule has 2 rings (SSSR count). The summed E-state index contributed by atoms with van der Waals surface area (Å²) in [4.78, 5) is 16.3. The number of amides is 1. The third-order valence-electron chi connectivity index (χ3n) is 3.80. The highest BCUT2D eigenvalue weighted by molar-refractivity contribution is 7.93. The molecule has 0 unspecified atom stereocenters. The maximum absolute atomic E-state index is 12.1. The largest absolute Gasteiger partial charge is 0.350 e. The molecule has 0 aliphatic carbocycles. The molecule has 0 fully saturated rings. The van der Waals surface area contributed by atoms with E-state index in [2.05, 4.69) is 10.3 Å². The molecule has 0 saturated heterocycles. The highest BCUT2D eigenvalue weighted by Gasteiger charge is 2.32. The second-order valence-corrected chi connectivity index (χ2v) is 8.35. The fraction of sp³-hybridized carbons (Fsp3) is 0.692. The number of fused-ring (bicyclic) bond motifs is 1. The number of carbonyl (C=O) groups excluding carboxylic acids is 1. The van der Waals surface area contributed by atoms with Crippen LogP contribution in [-0.2, 0) is 27.6 Å². The molecule has 1 aromatic rings. The Hall–Kier alpha value is -1.37. The molecule has 1 aliphatic heterocycles. The van der Waals surface area contributed by atoms with Gasteiger partial charge in [-0.3, -0.25) is 4.79 Å². The Morgan fingerprint density at radius 1 is 1.45 bits per heavy atom. The lowest BCUT2D eigenvalue weighted by atomic mass is 10.1. The van der Waals surface area contributed by atoms with E-state index in [1.165, 1.54) is 6.92 Å². The number of imidazole rings is 1. The molecule has 1 aromatic heterocycles. The molecule has 20 heavy (non-hydrogen) atoms. The topological polar surface area (TPSA) is 81.1 Å². The average Bonchev–Trinajstić information content (AvgIpc) is 2.84. The maximum Gasteiger partial charge on any atom is 0.238 e. The zero-order chi connectivity index (χ0) is 14.9. The first-order valence-corrected chi connectivity index (χ1v) is 8.46. The molecular weight excluding hydrogens is 278 g/mol. The molecule has 0 aromatic carbocycles. The summed E-state index contributed by atoms with van der Waals surface area (Å²) in [7, 11) is -3.41. The molecule has 7 heteroatoms. The van der Waals surface area contributed by atoms with Crippen molar-refractivity contribution in [3.05, 3.63) is 18.2 Å². The van der Waals surface area contributed by atoms with Gasteiger partial charge in [0.2, 0.25) is 5.91 Å². The van der Waals surface area contributed by atoms with E-state index in [9.17, 15) is 13.2 Å². The van der Waals surface area contributed by atoms with Crippen LogP contribution < -0.4 is 5.32 Å². The van der Waals surface area contributed by atoms with Gasteiger partial charge in [-0.25, -0.2) is 13.4 Å². The Bertz CT molecular complexity index is 592. The van der Waals surface area contributed by atoms with Crippen LogP contribution in [0.15, 0.2) is 12.4 Å². The van der Waals surface area contributed by atoms with Gasteiger partial charge in [0.1, 0.15) is 11.1 Å². The van der Waals surface area contributed by atoms with Gasteiger partial charge in [0.15, 0.2) is 9.84 Å². The third kappa shape index (κ3) is 2.87. The SMILES string of the molecule is CC(C)S(=O)(=O)[C@H](C)C(=O)N[C@@H]1CCc2nccn2C1. The molecule has 1 aliphatic rings. The fourth-order valence-electron chi connectivity index (χ4n) is 2.36.